The van der Waals surface area contributed by atoms with E-state index in [0.29, 0.717) is 29.2 Å². The SMILES string of the molecule is CCCN(CCC)CCNC(=O)[C@@H]1c2cc(OC)c(OC)cc2C(=O)N(C)[C@H]1c1ccc(SC)cc1. The smallest absolute Gasteiger partial charge is 0.254 e. The molecule has 1 aliphatic heterocycles. The Morgan fingerprint density at radius 2 is 1.64 bits per heavy atom. The van der Waals surface area contributed by atoms with Gasteiger partial charge < -0.3 is 24.6 Å². The molecule has 36 heavy (non-hydrogen) atoms. The van der Waals surface area contributed by atoms with E-state index >= 15 is 0 Å². The van der Waals surface area contributed by atoms with Crippen LogP contribution in [-0.4, -0.2) is 75.3 Å². The number of carbonyl (C=O) groups excluding carboxylic acids is 2. The number of hydrogen-bond donors (Lipinski definition) is 1. The summed E-state index contributed by atoms with van der Waals surface area (Å²) in [5.41, 5.74) is 2.04. The molecule has 3 rings (SSSR count). The maximum atomic E-state index is 13.8. The first-order valence-electron chi connectivity index (χ1n) is 12.6. The van der Waals surface area contributed by atoms with E-state index < -0.39 is 12.0 Å². The van der Waals surface area contributed by atoms with Gasteiger partial charge in [0.25, 0.3) is 5.91 Å². The van der Waals surface area contributed by atoms with E-state index in [-0.39, 0.29) is 11.8 Å². The third-order valence-corrected chi connectivity index (χ3v) is 7.46. The summed E-state index contributed by atoms with van der Waals surface area (Å²) < 4.78 is 11.0. The van der Waals surface area contributed by atoms with Crippen molar-refractivity contribution in [2.75, 3.05) is 53.7 Å². The molecule has 0 bridgehead atoms. The van der Waals surface area contributed by atoms with Gasteiger partial charge in [0.05, 0.1) is 26.2 Å². The first-order valence-corrected chi connectivity index (χ1v) is 13.8. The molecule has 7 nitrogen and oxygen atoms in total. The van der Waals surface area contributed by atoms with E-state index in [1.165, 1.54) is 0 Å². The van der Waals surface area contributed by atoms with Crippen molar-refractivity contribution in [1.82, 2.24) is 15.1 Å². The van der Waals surface area contributed by atoms with Crippen LogP contribution in [0.25, 0.3) is 0 Å². The number of ether oxygens (including phenoxy) is 2. The van der Waals surface area contributed by atoms with Gasteiger partial charge in [0, 0.05) is 30.6 Å². The monoisotopic (exact) mass is 513 g/mol. The fourth-order valence-electron chi connectivity index (χ4n) is 4.96. The maximum Gasteiger partial charge on any atom is 0.254 e. The maximum absolute atomic E-state index is 13.8. The average molecular weight is 514 g/mol. The molecule has 8 heteroatoms. The fourth-order valence-corrected chi connectivity index (χ4v) is 5.37. The van der Waals surface area contributed by atoms with Gasteiger partial charge in [-0.3, -0.25) is 9.59 Å². The molecule has 2 aromatic carbocycles. The Hall–Kier alpha value is -2.71. The van der Waals surface area contributed by atoms with Crippen LogP contribution in [0.3, 0.4) is 0 Å². The van der Waals surface area contributed by atoms with E-state index in [1.54, 1.807) is 50.1 Å². The van der Waals surface area contributed by atoms with Crippen molar-refractivity contribution in [3.8, 4) is 11.5 Å². The molecule has 0 saturated carbocycles. The number of hydrogen-bond acceptors (Lipinski definition) is 6. The van der Waals surface area contributed by atoms with Gasteiger partial charge in [-0.05, 0) is 67.6 Å². The highest BCUT2D eigenvalue weighted by atomic mass is 32.2. The van der Waals surface area contributed by atoms with Crippen LogP contribution in [0.15, 0.2) is 41.3 Å². The lowest BCUT2D eigenvalue weighted by atomic mass is 9.79. The number of carbonyl (C=O) groups is 2. The van der Waals surface area contributed by atoms with Gasteiger partial charge in [-0.1, -0.05) is 26.0 Å². The lowest BCUT2D eigenvalue weighted by Crippen LogP contribution is -2.46. The van der Waals surface area contributed by atoms with Crippen molar-refractivity contribution < 1.29 is 19.1 Å². The van der Waals surface area contributed by atoms with Gasteiger partial charge in [0.2, 0.25) is 5.91 Å². The van der Waals surface area contributed by atoms with E-state index in [1.807, 2.05) is 30.5 Å². The minimum Gasteiger partial charge on any atom is -0.493 e. The summed E-state index contributed by atoms with van der Waals surface area (Å²) in [5, 5.41) is 3.17. The second kappa shape index (κ2) is 13.0. The number of fused-ring (bicyclic) bond motifs is 1. The van der Waals surface area contributed by atoms with Crippen LogP contribution in [0.5, 0.6) is 11.5 Å². The first kappa shape index (κ1) is 27.9. The van der Waals surface area contributed by atoms with Crippen LogP contribution < -0.4 is 14.8 Å². The van der Waals surface area contributed by atoms with Crippen LogP contribution in [-0.2, 0) is 4.79 Å². The standard InChI is InChI=1S/C28H39N3O4S/c1-7-14-31(15-8-2)16-13-29-27(32)25-21-17-23(34-4)24(35-5)18-22(21)28(33)30(3)26(25)19-9-11-20(36-6)12-10-19/h9-12,17-18,25-26H,7-8,13-16H2,1-6H3,(H,29,32)/t25-,26+/m1/s1. The summed E-state index contributed by atoms with van der Waals surface area (Å²) in [6.45, 7) is 7.70. The number of nitrogens with one attached hydrogen (secondary N) is 1. The zero-order valence-corrected chi connectivity index (χ0v) is 23.1. The van der Waals surface area contributed by atoms with Crippen molar-refractivity contribution in [3.05, 3.63) is 53.1 Å². The van der Waals surface area contributed by atoms with Crippen LogP contribution in [0.4, 0.5) is 0 Å². The molecule has 1 N–H and O–H groups in total. The number of thioether (sulfide) groups is 1. The minimum absolute atomic E-state index is 0.102. The van der Waals surface area contributed by atoms with Crippen LogP contribution in [0.1, 0.15) is 60.1 Å². The fraction of sp³-hybridized carbons (Fsp3) is 0.500. The molecular weight excluding hydrogens is 474 g/mol. The Morgan fingerprint density at radius 1 is 1.03 bits per heavy atom. The van der Waals surface area contributed by atoms with E-state index in [4.69, 9.17) is 9.47 Å². The van der Waals surface area contributed by atoms with E-state index in [0.717, 1.165) is 42.9 Å². The molecule has 2 atom stereocenters. The summed E-state index contributed by atoms with van der Waals surface area (Å²) in [6.07, 6.45) is 4.18. The lowest BCUT2D eigenvalue weighted by Gasteiger charge is -2.40. The Labute approximate surface area is 219 Å². The molecular formula is C28H39N3O4S. The second-order valence-electron chi connectivity index (χ2n) is 9.04. The minimum atomic E-state index is -0.589. The van der Waals surface area contributed by atoms with Gasteiger partial charge in [0.1, 0.15) is 0 Å². The number of likely N-dealkylation sites (N-methyl/N-ethyl adjacent to an activating group) is 1. The first-order chi connectivity index (χ1) is 17.4. The van der Waals surface area contributed by atoms with Crippen molar-refractivity contribution in [3.63, 3.8) is 0 Å². The molecule has 1 aliphatic rings. The summed E-state index contributed by atoms with van der Waals surface area (Å²) in [5.74, 6) is 0.129. The molecule has 0 fully saturated rings. The number of benzene rings is 2. The molecule has 0 unspecified atom stereocenters. The number of rotatable bonds is 12. The van der Waals surface area contributed by atoms with Crippen LogP contribution in [0, 0.1) is 0 Å². The zero-order chi connectivity index (χ0) is 26.2. The number of methoxy groups -OCH3 is 2. The largest absolute Gasteiger partial charge is 0.493 e. The topological polar surface area (TPSA) is 71.1 Å². The Kier molecular flexibility index (Phi) is 10.1. The summed E-state index contributed by atoms with van der Waals surface area (Å²) in [7, 11) is 4.87. The molecule has 0 aliphatic carbocycles. The predicted molar refractivity (Wildman–Crippen MR) is 145 cm³/mol. The predicted octanol–water partition coefficient (Wildman–Crippen LogP) is 4.57. The average Bonchev–Trinajstić information content (AvgIpc) is 2.90. The normalized spacial score (nSPS) is 17.2. The van der Waals surface area contributed by atoms with Crippen molar-refractivity contribution in [2.45, 2.75) is 43.5 Å². The molecule has 196 valence electrons. The Balaban J connectivity index is 2.01. The molecule has 0 aromatic heterocycles. The molecule has 1 heterocycles. The molecule has 2 amide bonds. The van der Waals surface area contributed by atoms with Gasteiger partial charge in [-0.25, -0.2) is 0 Å². The summed E-state index contributed by atoms with van der Waals surface area (Å²) >= 11 is 1.66. The highest BCUT2D eigenvalue weighted by Gasteiger charge is 2.43. The van der Waals surface area contributed by atoms with E-state index in [9.17, 15) is 9.59 Å². The van der Waals surface area contributed by atoms with E-state index in [2.05, 4.69) is 24.1 Å². The Morgan fingerprint density at radius 3 is 2.19 bits per heavy atom. The third kappa shape index (κ3) is 5.98. The van der Waals surface area contributed by atoms with Crippen molar-refractivity contribution in [2.24, 2.45) is 0 Å². The summed E-state index contributed by atoms with van der Waals surface area (Å²) in [4.78, 5) is 32.5. The zero-order valence-electron chi connectivity index (χ0n) is 22.3. The van der Waals surface area contributed by atoms with Gasteiger partial charge in [0.15, 0.2) is 11.5 Å². The van der Waals surface area contributed by atoms with Gasteiger partial charge in [-0.2, -0.15) is 0 Å². The van der Waals surface area contributed by atoms with Gasteiger partial charge >= 0.3 is 0 Å². The molecule has 0 saturated heterocycles. The lowest BCUT2D eigenvalue weighted by molar-refractivity contribution is -0.124. The number of nitrogens with zero attached hydrogens (tertiary/aromatic N) is 2. The quantitative estimate of drug-likeness (QED) is 0.419. The van der Waals surface area contributed by atoms with Crippen molar-refractivity contribution >= 4 is 23.6 Å². The molecule has 2 aromatic rings. The van der Waals surface area contributed by atoms with Crippen LogP contribution >= 0.6 is 11.8 Å². The van der Waals surface area contributed by atoms with Gasteiger partial charge in [-0.15, -0.1) is 11.8 Å². The van der Waals surface area contributed by atoms with Crippen molar-refractivity contribution in [1.29, 1.82) is 0 Å². The molecule has 0 spiro atoms. The molecule has 0 radical (unpaired) electrons. The Bertz CT molecular complexity index is 1040. The van der Waals surface area contributed by atoms with Crippen LogP contribution in [0.2, 0.25) is 0 Å². The third-order valence-electron chi connectivity index (χ3n) is 6.72. The number of amides is 2. The summed E-state index contributed by atoms with van der Waals surface area (Å²) in [6, 6.07) is 11.1. The second-order valence-corrected chi connectivity index (χ2v) is 9.92. The highest BCUT2D eigenvalue weighted by molar-refractivity contribution is 7.98. The highest BCUT2D eigenvalue weighted by Crippen LogP contribution is 2.45.